The molecule has 1 aromatic rings. The molecule has 0 aromatic heterocycles. The summed E-state index contributed by atoms with van der Waals surface area (Å²) >= 11 is 0. The van der Waals surface area contributed by atoms with Gasteiger partial charge in [0.2, 0.25) is 0 Å². The predicted molar refractivity (Wildman–Crippen MR) is 55.0 cm³/mol. The van der Waals surface area contributed by atoms with Gasteiger partial charge in [-0.3, -0.25) is 0 Å². The summed E-state index contributed by atoms with van der Waals surface area (Å²) in [5, 5.41) is 2.59. The molecule has 1 N–H and O–H groups in total. The van der Waals surface area contributed by atoms with Crippen LogP contribution >= 0.6 is 0 Å². The fraction of sp³-hybridized carbons (Fsp3) is 0.364. The maximum atomic E-state index is 11.1. The SMILES string of the molecule is CCNC(=O)O[C@H](C)c1ccccc1. The van der Waals surface area contributed by atoms with Crippen LogP contribution in [0.15, 0.2) is 30.3 Å². The second-order valence-electron chi connectivity index (χ2n) is 2.99. The molecule has 3 heteroatoms. The average Bonchev–Trinajstić information content (AvgIpc) is 2.19. The standard InChI is InChI=1S/C11H15NO2/c1-3-12-11(13)14-9(2)10-7-5-4-6-8-10/h4-9H,3H2,1-2H3,(H,12,13)/t9-/m1/s1. The van der Waals surface area contributed by atoms with Crippen molar-refractivity contribution in [1.29, 1.82) is 0 Å². The van der Waals surface area contributed by atoms with Gasteiger partial charge in [0.15, 0.2) is 0 Å². The van der Waals surface area contributed by atoms with Gasteiger partial charge in [0, 0.05) is 6.54 Å². The maximum absolute atomic E-state index is 11.1. The van der Waals surface area contributed by atoms with Crippen LogP contribution in [0.4, 0.5) is 4.79 Å². The number of hydrogen-bond acceptors (Lipinski definition) is 2. The van der Waals surface area contributed by atoms with Crippen molar-refractivity contribution >= 4 is 6.09 Å². The van der Waals surface area contributed by atoms with Crippen LogP contribution in [-0.4, -0.2) is 12.6 Å². The topological polar surface area (TPSA) is 38.3 Å². The van der Waals surface area contributed by atoms with Crippen molar-refractivity contribution in [3.63, 3.8) is 0 Å². The predicted octanol–water partition coefficient (Wildman–Crippen LogP) is 2.49. The molecule has 1 atom stereocenters. The molecule has 0 spiro atoms. The first-order valence-corrected chi connectivity index (χ1v) is 4.73. The van der Waals surface area contributed by atoms with Crippen molar-refractivity contribution in [3.05, 3.63) is 35.9 Å². The Morgan fingerprint density at radius 1 is 1.43 bits per heavy atom. The van der Waals surface area contributed by atoms with Gasteiger partial charge in [-0.25, -0.2) is 4.79 Å². The molecule has 0 unspecified atom stereocenters. The number of carbonyl (C=O) groups excluding carboxylic acids is 1. The number of nitrogens with one attached hydrogen (secondary N) is 1. The van der Waals surface area contributed by atoms with E-state index in [1.807, 2.05) is 44.2 Å². The van der Waals surface area contributed by atoms with E-state index in [1.165, 1.54) is 0 Å². The molecule has 1 rings (SSSR count). The van der Waals surface area contributed by atoms with Crippen LogP contribution in [0.25, 0.3) is 0 Å². The summed E-state index contributed by atoms with van der Waals surface area (Å²) in [4.78, 5) is 11.1. The van der Waals surface area contributed by atoms with Gasteiger partial charge in [0.25, 0.3) is 0 Å². The van der Waals surface area contributed by atoms with Crippen molar-refractivity contribution < 1.29 is 9.53 Å². The highest BCUT2D eigenvalue weighted by Crippen LogP contribution is 2.15. The lowest BCUT2D eigenvalue weighted by Crippen LogP contribution is -2.24. The van der Waals surface area contributed by atoms with E-state index in [1.54, 1.807) is 0 Å². The minimum Gasteiger partial charge on any atom is -0.442 e. The van der Waals surface area contributed by atoms with Crippen molar-refractivity contribution in [2.45, 2.75) is 20.0 Å². The van der Waals surface area contributed by atoms with E-state index in [0.29, 0.717) is 6.54 Å². The molecule has 14 heavy (non-hydrogen) atoms. The molecule has 0 aliphatic rings. The molecule has 3 nitrogen and oxygen atoms in total. The average molecular weight is 193 g/mol. The Hall–Kier alpha value is -1.51. The molecular weight excluding hydrogens is 178 g/mol. The molecule has 0 fully saturated rings. The third-order valence-electron chi connectivity index (χ3n) is 1.87. The Labute approximate surface area is 84.1 Å². The Bertz CT molecular complexity index is 285. The van der Waals surface area contributed by atoms with Crippen molar-refractivity contribution in [1.82, 2.24) is 5.32 Å². The van der Waals surface area contributed by atoms with Crippen LogP contribution in [-0.2, 0) is 4.74 Å². The van der Waals surface area contributed by atoms with Gasteiger partial charge in [0.05, 0.1) is 0 Å². The largest absolute Gasteiger partial charge is 0.442 e. The van der Waals surface area contributed by atoms with Gasteiger partial charge in [0.1, 0.15) is 6.10 Å². The lowest BCUT2D eigenvalue weighted by Gasteiger charge is -2.13. The Morgan fingerprint density at radius 2 is 2.07 bits per heavy atom. The minimum absolute atomic E-state index is 0.206. The number of hydrogen-bond donors (Lipinski definition) is 1. The summed E-state index contributed by atoms with van der Waals surface area (Å²) in [6.07, 6.45) is -0.577. The number of rotatable bonds is 3. The summed E-state index contributed by atoms with van der Waals surface area (Å²) in [5.74, 6) is 0. The third-order valence-corrected chi connectivity index (χ3v) is 1.87. The zero-order valence-electron chi connectivity index (χ0n) is 8.49. The number of alkyl carbamates (subject to hydrolysis) is 1. The molecule has 1 amide bonds. The van der Waals surface area contributed by atoms with Crippen LogP contribution < -0.4 is 5.32 Å². The Balaban J connectivity index is 2.50. The second-order valence-corrected chi connectivity index (χ2v) is 2.99. The molecule has 0 saturated heterocycles. The third kappa shape index (κ3) is 3.09. The van der Waals surface area contributed by atoms with Crippen LogP contribution in [0.3, 0.4) is 0 Å². The maximum Gasteiger partial charge on any atom is 0.407 e. The van der Waals surface area contributed by atoms with Gasteiger partial charge in [-0.05, 0) is 19.4 Å². The first-order valence-electron chi connectivity index (χ1n) is 4.73. The number of carbonyl (C=O) groups is 1. The number of benzene rings is 1. The Morgan fingerprint density at radius 3 is 2.64 bits per heavy atom. The van der Waals surface area contributed by atoms with Gasteiger partial charge in [-0.15, -0.1) is 0 Å². The van der Waals surface area contributed by atoms with Crippen LogP contribution in [0, 0.1) is 0 Å². The molecule has 0 radical (unpaired) electrons. The smallest absolute Gasteiger partial charge is 0.407 e. The molecule has 1 aromatic carbocycles. The summed E-state index contributed by atoms with van der Waals surface area (Å²) in [6, 6.07) is 9.65. The fourth-order valence-corrected chi connectivity index (χ4v) is 1.14. The second kappa shape index (κ2) is 5.27. The van der Waals surface area contributed by atoms with Gasteiger partial charge in [-0.2, -0.15) is 0 Å². The summed E-state index contributed by atoms with van der Waals surface area (Å²) in [5.41, 5.74) is 0.999. The minimum atomic E-state index is -0.371. The molecule has 0 aliphatic carbocycles. The molecule has 0 aliphatic heterocycles. The summed E-state index contributed by atoms with van der Waals surface area (Å²) in [6.45, 7) is 4.29. The van der Waals surface area contributed by atoms with E-state index in [0.717, 1.165) is 5.56 Å². The van der Waals surface area contributed by atoms with Crippen molar-refractivity contribution in [3.8, 4) is 0 Å². The first kappa shape index (κ1) is 10.6. The molecule has 76 valence electrons. The zero-order chi connectivity index (χ0) is 10.4. The van der Waals surface area contributed by atoms with Crippen LogP contribution in [0.2, 0.25) is 0 Å². The number of amides is 1. The van der Waals surface area contributed by atoms with E-state index in [9.17, 15) is 4.79 Å². The van der Waals surface area contributed by atoms with Crippen LogP contribution in [0.1, 0.15) is 25.5 Å². The molecule has 0 heterocycles. The Kier molecular flexibility index (Phi) is 3.98. The van der Waals surface area contributed by atoms with Crippen LogP contribution in [0.5, 0.6) is 0 Å². The van der Waals surface area contributed by atoms with E-state index in [2.05, 4.69) is 5.32 Å². The summed E-state index contributed by atoms with van der Waals surface area (Å²) in [7, 11) is 0. The van der Waals surface area contributed by atoms with Crippen molar-refractivity contribution in [2.75, 3.05) is 6.54 Å². The number of ether oxygens (including phenoxy) is 1. The zero-order valence-corrected chi connectivity index (χ0v) is 8.49. The highest BCUT2D eigenvalue weighted by molar-refractivity contribution is 5.67. The van der Waals surface area contributed by atoms with E-state index < -0.39 is 0 Å². The van der Waals surface area contributed by atoms with E-state index in [-0.39, 0.29) is 12.2 Å². The highest BCUT2D eigenvalue weighted by Gasteiger charge is 2.09. The molecule has 0 bridgehead atoms. The first-order chi connectivity index (χ1) is 6.74. The van der Waals surface area contributed by atoms with Gasteiger partial charge >= 0.3 is 6.09 Å². The highest BCUT2D eigenvalue weighted by atomic mass is 16.6. The van der Waals surface area contributed by atoms with Crippen molar-refractivity contribution in [2.24, 2.45) is 0 Å². The quantitative estimate of drug-likeness (QED) is 0.800. The lowest BCUT2D eigenvalue weighted by molar-refractivity contribution is 0.107. The molecule has 0 saturated carbocycles. The van der Waals surface area contributed by atoms with E-state index in [4.69, 9.17) is 4.74 Å². The molecular formula is C11H15NO2. The van der Waals surface area contributed by atoms with Gasteiger partial charge < -0.3 is 10.1 Å². The summed E-state index contributed by atoms with van der Waals surface area (Å²) < 4.78 is 5.13. The van der Waals surface area contributed by atoms with Gasteiger partial charge in [-0.1, -0.05) is 30.3 Å². The monoisotopic (exact) mass is 193 g/mol. The fourth-order valence-electron chi connectivity index (χ4n) is 1.14. The normalized spacial score (nSPS) is 11.9. The lowest BCUT2D eigenvalue weighted by atomic mass is 10.1. The van der Waals surface area contributed by atoms with E-state index >= 15 is 0 Å².